The minimum atomic E-state index is -0.234. The number of rotatable bonds is 2. The Labute approximate surface area is 115 Å². The number of hydrogen-bond acceptors (Lipinski definition) is 3. The van der Waals surface area contributed by atoms with Crippen molar-refractivity contribution >= 4 is 11.1 Å². The standard InChI is InChI=1S/C16H15NO3/c1-3-17-15(19)13(11-7-5-4-6-10(11)2)14(18)12-8-9-20-16(12)17/h4-9,18H,3H2,1-2H3. The molecule has 0 amide bonds. The molecule has 0 aliphatic heterocycles. The fraction of sp³-hybridized carbons (Fsp3) is 0.188. The minimum absolute atomic E-state index is 0.0160. The Bertz CT molecular complexity index is 843. The van der Waals surface area contributed by atoms with Crippen LogP contribution >= 0.6 is 0 Å². The predicted molar refractivity (Wildman–Crippen MR) is 78.0 cm³/mol. The molecule has 2 heterocycles. The first-order chi connectivity index (χ1) is 9.65. The Hall–Kier alpha value is -2.49. The molecule has 2 aromatic heterocycles. The molecule has 4 nitrogen and oxygen atoms in total. The van der Waals surface area contributed by atoms with Crippen molar-refractivity contribution in [1.29, 1.82) is 0 Å². The van der Waals surface area contributed by atoms with Gasteiger partial charge < -0.3 is 9.52 Å². The first kappa shape index (κ1) is 12.5. The molecule has 0 saturated heterocycles. The number of fused-ring (bicyclic) bond motifs is 1. The molecule has 0 fully saturated rings. The zero-order chi connectivity index (χ0) is 14.3. The van der Waals surface area contributed by atoms with Crippen molar-refractivity contribution in [2.75, 3.05) is 0 Å². The minimum Gasteiger partial charge on any atom is -0.506 e. The van der Waals surface area contributed by atoms with Crippen molar-refractivity contribution in [3.63, 3.8) is 0 Å². The van der Waals surface area contributed by atoms with E-state index in [1.807, 2.05) is 38.1 Å². The van der Waals surface area contributed by atoms with E-state index in [4.69, 9.17) is 4.42 Å². The van der Waals surface area contributed by atoms with Crippen LogP contribution in [0.25, 0.3) is 22.2 Å². The van der Waals surface area contributed by atoms with Crippen molar-refractivity contribution in [3.05, 3.63) is 52.5 Å². The summed E-state index contributed by atoms with van der Waals surface area (Å²) >= 11 is 0. The van der Waals surface area contributed by atoms with E-state index in [0.717, 1.165) is 11.1 Å². The second-order valence-corrected chi connectivity index (χ2v) is 4.73. The monoisotopic (exact) mass is 269 g/mol. The van der Waals surface area contributed by atoms with Gasteiger partial charge in [0.15, 0.2) is 0 Å². The second kappa shape index (κ2) is 4.56. The molecule has 1 N–H and O–H groups in total. The van der Waals surface area contributed by atoms with Crippen molar-refractivity contribution in [3.8, 4) is 16.9 Å². The Morgan fingerprint density at radius 3 is 2.70 bits per heavy atom. The van der Waals surface area contributed by atoms with Gasteiger partial charge in [0.2, 0.25) is 5.71 Å². The zero-order valence-corrected chi connectivity index (χ0v) is 11.4. The third-order valence-electron chi connectivity index (χ3n) is 3.57. The van der Waals surface area contributed by atoms with E-state index in [2.05, 4.69) is 0 Å². The molecule has 0 spiro atoms. The molecule has 1 aromatic carbocycles. The van der Waals surface area contributed by atoms with Crippen LogP contribution in [-0.4, -0.2) is 9.67 Å². The number of pyridine rings is 1. The topological polar surface area (TPSA) is 55.4 Å². The normalized spacial score (nSPS) is 11.1. The molecule has 0 aliphatic rings. The maximum Gasteiger partial charge on any atom is 0.265 e. The number of aryl methyl sites for hydroxylation is 2. The van der Waals surface area contributed by atoms with E-state index < -0.39 is 0 Å². The summed E-state index contributed by atoms with van der Waals surface area (Å²) < 4.78 is 6.86. The molecule has 0 unspecified atom stereocenters. The summed E-state index contributed by atoms with van der Waals surface area (Å²) in [6, 6.07) is 9.21. The lowest BCUT2D eigenvalue weighted by molar-refractivity contribution is 0.478. The summed E-state index contributed by atoms with van der Waals surface area (Å²) in [6.07, 6.45) is 1.48. The smallest absolute Gasteiger partial charge is 0.265 e. The van der Waals surface area contributed by atoms with E-state index in [0.29, 0.717) is 23.2 Å². The van der Waals surface area contributed by atoms with Crippen molar-refractivity contribution in [2.24, 2.45) is 0 Å². The van der Waals surface area contributed by atoms with Crippen LogP contribution in [0.15, 0.2) is 45.8 Å². The number of aromatic nitrogens is 1. The quantitative estimate of drug-likeness (QED) is 0.776. The molecule has 4 heteroatoms. The van der Waals surface area contributed by atoms with Crippen LogP contribution in [0.4, 0.5) is 0 Å². The van der Waals surface area contributed by atoms with Gasteiger partial charge in [-0.25, -0.2) is 0 Å². The Kier molecular flexibility index (Phi) is 2.86. The molecule has 0 saturated carbocycles. The summed E-state index contributed by atoms with van der Waals surface area (Å²) in [5.41, 5.74) is 2.21. The fourth-order valence-corrected chi connectivity index (χ4v) is 2.54. The lowest BCUT2D eigenvalue weighted by Gasteiger charge is -2.11. The van der Waals surface area contributed by atoms with Crippen LogP contribution in [-0.2, 0) is 6.54 Å². The molecule has 20 heavy (non-hydrogen) atoms. The average molecular weight is 269 g/mol. The van der Waals surface area contributed by atoms with Gasteiger partial charge in [-0.3, -0.25) is 9.36 Å². The summed E-state index contributed by atoms with van der Waals surface area (Å²) in [5.74, 6) is -0.0160. The Morgan fingerprint density at radius 2 is 2.00 bits per heavy atom. The van der Waals surface area contributed by atoms with Crippen molar-refractivity contribution < 1.29 is 9.52 Å². The van der Waals surface area contributed by atoms with E-state index in [9.17, 15) is 9.90 Å². The van der Waals surface area contributed by atoms with Gasteiger partial charge in [0.25, 0.3) is 5.56 Å². The molecular weight excluding hydrogens is 254 g/mol. The van der Waals surface area contributed by atoms with Gasteiger partial charge >= 0.3 is 0 Å². The summed E-state index contributed by atoms with van der Waals surface area (Å²) in [6.45, 7) is 4.29. The van der Waals surface area contributed by atoms with Crippen LogP contribution < -0.4 is 5.56 Å². The van der Waals surface area contributed by atoms with Crippen LogP contribution in [0.3, 0.4) is 0 Å². The van der Waals surface area contributed by atoms with Gasteiger partial charge in [-0.15, -0.1) is 0 Å². The number of nitrogens with zero attached hydrogens (tertiary/aromatic N) is 1. The van der Waals surface area contributed by atoms with E-state index in [-0.39, 0.29) is 11.3 Å². The lowest BCUT2D eigenvalue weighted by Crippen LogP contribution is -2.21. The number of furan rings is 1. The highest BCUT2D eigenvalue weighted by molar-refractivity contribution is 5.90. The maximum atomic E-state index is 12.6. The molecule has 3 rings (SSSR count). The predicted octanol–water partition coefficient (Wildman–Crippen LogP) is 3.30. The first-order valence-electron chi connectivity index (χ1n) is 6.54. The number of hydrogen-bond donors (Lipinski definition) is 1. The first-order valence-corrected chi connectivity index (χ1v) is 6.54. The van der Waals surface area contributed by atoms with Crippen molar-refractivity contribution in [2.45, 2.75) is 20.4 Å². The Balaban J connectivity index is 2.48. The molecule has 102 valence electrons. The van der Waals surface area contributed by atoms with Crippen LogP contribution in [0.5, 0.6) is 5.75 Å². The van der Waals surface area contributed by atoms with Gasteiger partial charge in [0, 0.05) is 6.54 Å². The summed E-state index contributed by atoms with van der Waals surface area (Å²) in [4.78, 5) is 12.6. The molecule has 0 bridgehead atoms. The van der Waals surface area contributed by atoms with Crippen LogP contribution in [0.1, 0.15) is 12.5 Å². The lowest BCUT2D eigenvalue weighted by atomic mass is 10.00. The molecule has 0 radical (unpaired) electrons. The average Bonchev–Trinajstić information content (AvgIpc) is 2.91. The van der Waals surface area contributed by atoms with Gasteiger partial charge in [-0.1, -0.05) is 24.3 Å². The molecular formula is C16H15NO3. The van der Waals surface area contributed by atoms with E-state index in [1.165, 1.54) is 10.8 Å². The number of aromatic hydroxyl groups is 1. The van der Waals surface area contributed by atoms with E-state index in [1.54, 1.807) is 6.07 Å². The van der Waals surface area contributed by atoms with Crippen LogP contribution in [0.2, 0.25) is 0 Å². The maximum absolute atomic E-state index is 12.6. The van der Waals surface area contributed by atoms with E-state index >= 15 is 0 Å². The zero-order valence-electron chi connectivity index (χ0n) is 11.4. The molecule has 0 atom stereocenters. The van der Waals surface area contributed by atoms with Crippen LogP contribution in [0, 0.1) is 6.92 Å². The largest absolute Gasteiger partial charge is 0.506 e. The van der Waals surface area contributed by atoms with Gasteiger partial charge in [-0.05, 0) is 31.0 Å². The SMILES string of the molecule is CCn1c(=O)c(-c2ccccc2C)c(O)c2ccoc21. The molecule has 3 aromatic rings. The third-order valence-corrected chi connectivity index (χ3v) is 3.57. The summed E-state index contributed by atoms with van der Waals surface area (Å²) in [5, 5.41) is 11.0. The van der Waals surface area contributed by atoms with Gasteiger partial charge in [0.05, 0.1) is 17.2 Å². The van der Waals surface area contributed by atoms with Crippen molar-refractivity contribution in [1.82, 2.24) is 4.57 Å². The van der Waals surface area contributed by atoms with Gasteiger partial charge in [-0.2, -0.15) is 0 Å². The molecule has 0 aliphatic carbocycles. The highest BCUT2D eigenvalue weighted by Gasteiger charge is 2.19. The third kappa shape index (κ3) is 1.65. The highest BCUT2D eigenvalue weighted by atomic mass is 16.3. The Morgan fingerprint density at radius 1 is 1.25 bits per heavy atom. The highest BCUT2D eigenvalue weighted by Crippen LogP contribution is 2.34. The summed E-state index contributed by atoms with van der Waals surface area (Å²) in [7, 11) is 0. The fourth-order valence-electron chi connectivity index (χ4n) is 2.54. The van der Waals surface area contributed by atoms with Gasteiger partial charge in [0.1, 0.15) is 5.75 Å². The number of benzene rings is 1. The second-order valence-electron chi connectivity index (χ2n) is 4.73.